The van der Waals surface area contributed by atoms with E-state index in [0.717, 1.165) is 26.3 Å². The van der Waals surface area contributed by atoms with Crippen molar-refractivity contribution in [3.05, 3.63) is 44.7 Å². The van der Waals surface area contributed by atoms with Crippen molar-refractivity contribution in [1.82, 2.24) is 9.88 Å². The van der Waals surface area contributed by atoms with E-state index in [4.69, 9.17) is 22.1 Å². The largest absolute Gasteiger partial charge is 0.379 e. The van der Waals surface area contributed by atoms with Crippen molar-refractivity contribution in [2.24, 2.45) is 5.73 Å². The predicted octanol–water partition coefficient (Wildman–Crippen LogP) is 2.69. The molecule has 3 heterocycles. The zero-order valence-electron chi connectivity index (χ0n) is 14.0. The third-order valence-corrected chi connectivity index (χ3v) is 5.55. The van der Waals surface area contributed by atoms with Gasteiger partial charge in [-0.1, -0.05) is 11.6 Å². The van der Waals surface area contributed by atoms with E-state index in [1.54, 1.807) is 11.3 Å². The van der Waals surface area contributed by atoms with Crippen LogP contribution in [0.3, 0.4) is 0 Å². The molecular weight excluding hydrogens is 360 g/mol. The summed E-state index contributed by atoms with van der Waals surface area (Å²) in [5.74, 6) is 0.0133. The average Bonchev–Trinajstić information content (AvgIpc) is 3.03. The molecule has 0 spiro atoms. The number of hydrogen-bond acceptors (Lipinski definition) is 6. The number of thiophene rings is 1. The summed E-state index contributed by atoms with van der Waals surface area (Å²) in [6.45, 7) is 6.05. The molecule has 0 aromatic carbocycles. The minimum Gasteiger partial charge on any atom is -0.379 e. The molecule has 1 atom stereocenters. The van der Waals surface area contributed by atoms with E-state index in [1.165, 1.54) is 22.0 Å². The first-order valence-corrected chi connectivity index (χ1v) is 9.31. The Labute approximate surface area is 155 Å². The van der Waals surface area contributed by atoms with Gasteiger partial charge in [-0.05, 0) is 25.1 Å². The molecule has 0 aliphatic carbocycles. The molecule has 3 N–H and O–H groups in total. The number of morpholine rings is 1. The van der Waals surface area contributed by atoms with E-state index < -0.39 is 5.91 Å². The van der Waals surface area contributed by atoms with Gasteiger partial charge in [0, 0.05) is 35.6 Å². The van der Waals surface area contributed by atoms with Gasteiger partial charge in [0.1, 0.15) is 5.82 Å². The number of carbonyl (C=O) groups excluding carboxylic acids is 1. The molecule has 0 radical (unpaired) electrons. The van der Waals surface area contributed by atoms with E-state index in [-0.39, 0.29) is 6.04 Å². The fourth-order valence-corrected chi connectivity index (χ4v) is 4.07. The Kier molecular flexibility index (Phi) is 5.90. The first kappa shape index (κ1) is 18.1. The van der Waals surface area contributed by atoms with E-state index in [1.807, 2.05) is 0 Å². The number of amides is 1. The van der Waals surface area contributed by atoms with E-state index >= 15 is 0 Å². The van der Waals surface area contributed by atoms with Crippen LogP contribution >= 0.6 is 22.9 Å². The summed E-state index contributed by atoms with van der Waals surface area (Å²) in [6.07, 6.45) is 1.44. The van der Waals surface area contributed by atoms with Crippen LogP contribution in [0.15, 0.2) is 24.4 Å². The number of rotatable bonds is 6. The third-order valence-electron chi connectivity index (χ3n) is 4.16. The van der Waals surface area contributed by atoms with Crippen molar-refractivity contribution in [2.75, 3.05) is 38.2 Å². The molecule has 0 bridgehead atoms. The monoisotopic (exact) mass is 380 g/mol. The lowest BCUT2D eigenvalue weighted by atomic mass is 10.2. The highest BCUT2D eigenvalue weighted by Gasteiger charge is 2.24. The summed E-state index contributed by atoms with van der Waals surface area (Å²) < 4.78 is 5.47. The highest BCUT2D eigenvalue weighted by molar-refractivity contribution is 7.12. The molecule has 2 aromatic rings. The first-order chi connectivity index (χ1) is 12.0. The van der Waals surface area contributed by atoms with Crippen molar-refractivity contribution in [3.63, 3.8) is 0 Å². The molecule has 8 heteroatoms. The lowest BCUT2D eigenvalue weighted by Gasteiger charge is -2.34. The highest BCUT2D eigenvalue weighted by atomic mass is 35.5. The molecule has 25 heavy (non-hydrogen) atoms. The van der Waals surface area contributed by atoms with Crippen LogP contribution in [0.5, 0.6) is 0 Å². The van der Waals surface area contributed by atoms with Gasteiger partial charge in [-0.3, -0.25) is 9.69 Å². The maximum atomic E-state index is 11.2. The van der Waals surface area contributed by atoms with Crippen LogP contribution in [-0.2, 0) is 4.74 Å². The van der Waals surface area contributed by atoms with E-state index in [9.17, 15) is 4.79 Å². The molecule has 1 fully saturated rings. The second-order valence-electron chi connectivity index (χ2n) is 5.91. The van der Waals surface area contributed by atoms with Crippen LogP contribution < -0.4 is 11.1 Å². The van der Waals surface area contributed by atoms with Gasteiger partial charge in [0.15, 0.2) is 0 Å². The molecule has 3 rings (SSSR count). The molecule has 134 valence electrons. The number of nitrogens with one attached hydrogen (secondary N) is 1. The molecule has 0 saturated carbocycles. The first-order valence-electron chi connectivity index (χ1n) is 8.12. The molecule has 1 unspecified atom stereocenters. The van der Waals surface area contributed by atoms with Crippen molar-refractivity contribution in [3.8, 4) is 0 Å². The molecule has 1 aliphatic rings. The van der Waals surface area contributed by atoms with E-state index in [0.29, 0.717) is 22.9 Å². The summed E-state index contributed by atoms with van der Waals surface area (Å²) >= 11 is 8.03. The number of primary amides is 1. The summed E-state index contributed by atoms with van der Waals surface area (Å²) in [4.78, 5) is 20.4. The number of aryl methyl sites for hydroxylation is 1. The van der Waals surface area contributed by atoms with Gasteiger partial charge >= 0.3 is 0 Å². The number of hydrogen-bond donors (Lipinski definition) is 2. The zero-order chi connectivity index (χ0) is 17.8. The second-order valence-corrected chi connectivity index (χ2v) is 7.64. The Hall–Kier alpha value is -1.67. The van der Waals surface area contributed by atoms with Gasteiger partial charge in [0.2, 0.25) is 5.91 Å². The number of carbonyl (C=O) groups is 1. The average molecular weight is 381 g/mol. The van der Waals surface area contributed by atoms with Crippen molar-refractivity contribution in [2.45, 2.75) is 13.0 Å². The topological polar surface area (TPSA) is 80.5 Å². The van der Waals surface area contributed by atoms with Gasteiger partial charge in [-0.2, -0.15) is 0 Å². The Bertz CT molecular complexity index is 746. The molecule has 6 nitrogen and oxygen atoms in total. The molecule has 1 aliphatic heterocycles. The normalized spacial score (nSPS) is 16.6. The van der Waals surface area contributed by atoms with Gasteiger partial charge in [-0.15, -0.1) is 11.3 Å². The lowest BCUT2D eigenvalue weighted by molar-refractivity contribution is 0.0194. The SMILES string of the molecule is Cc1ccc(C(CNc2ncc(C(N)=O)cc2Cl)N2CCOCC2)s1. The van der Waals surface area contributed by atoms with Crippen molar-refractivity contribution < 1.29 is 9.53 Å². The minimum absolute atomic E-state index is 0.219. The Morgan fingerprint density at radius 2 is 2.24 bits per heavy atom. The number of nitrogens with two attached hydrogens (primary N) is 1. The standard InChI is InChI=1S/C17H21ClN4O2S/c1-11-2-3-15(25-11)14(22-4-6-24-7-5-22)10-21-17-13(18)8-12(9-20-17)16(19)23/h2-3,8-9,14H,4-7,10H2,1H3,(H2,19,23)(H,20,21). The number of anilines is 1. The van der Waals surface area contributed by atoms with Crippen LogP contribution in [0.25, 0.3) is 0 Å². The Morgan fingerprint density at radius 1 is 1.48 bits per heavy atom. The number of pyridine rings is 1. The summed E-state index contributed by atoms with van der Waals surface area (Å²) in [5.41, 5.74) is 5.56. The lowest BCUT2D eigenvalue weighted by Crippen LogP contribution is -2.41. The number of halogens is 1. The van der Waals surface area contributed by atoms with Crippen molar-refractivity contribution in [1.29, 1.82) is 0 Å². The minimum atomic E-state index is -0.541. The van der Waals surface area contributed by atoms with Crippen LogP contribution in [0, 0.1) is 6.92 Å². The van der Waals surface area contributed by atoms with Crippen LogP contribution in [-0.4, -0.2) is 48.6 Å². The van der Waals surface area contributed by atoms with Crippen LogP contribution in [0.1, 0.15) is 26.2 Å². The van der Waals surface area contributed by atoms with Gasteiger partial charge in [-0.25, -0.2) is 4.98 Å². The summed E-state index contributed by atoms with van der Waals surface area (Å²) in [7, 11) is 0. The molecular formula is C17H21ClN4O2S. The van der Waals surface area contributed by atoms with Gasteiger partial charge in [0.25, 0.3) is 0 Å². The molecule has 2 aromatic heterocycles. The quantitative estimate of drug-likeness (QED) is 0.805. The zero-order valence-corrected chi connectivity index (χ0v) is 15.6. The number of ether oxygens (including phenoxy) is 1. The van der Waals surface area contributed by atoms with Gasteiger partial charge in [0.05, 0.1) is 29.8 Å². The fraction of sp³-hybridized carbons (Fsp3) is 0.412. The third kappa shape index (κ3) is 4.49. The number of nitrogens with zero attached hydrogens (tertiary/aromatic N) is 2. The number of aromatic nitrogens is 1. The molecule has 1 amide bonds. The predicted molar refractivity (Wildman–Crippen MR) is 100 cm³/mol. The smallest absolute Gasteiger partial charge is 0.250 e. The van der Waals surface area contributed by atoms with Gasteiger partial charge < -0.3 is 15.8 Å². The fourth-order valence-electron chi connectivity index (χ4n) is 2.83. The second kappa shape index (κ2) is 8.14. The molecule has 1 saturated heterocycles. The Morgan fingerprint density at radius 3 is 2.84 bits per heavy atom. The highest BCUT2D eigenvalue weighted by Crippen LogP contribution is 2.29. The Balaban J connectivity index is 1.75. The van der Waals surface area contributed by atoms with Crippen molar-refractivity contribution >= 4 is 34.7 Å². The summed E-state index contributed by atoms with van der Waals surface area (Å²) in [6, 6.07) is 6.07. The maximum Gasteiger partial charge on any atom is 0.250 e. The maximum absolute atomic E-state index is 11.2. The van der Waals surface area contributed by atoms with E-state index in [2.05, 4.69) is 34.3 Å². The van der Waals surface area contributed by atoms with Crippen LogP contribution in [0.4, 0.5) is 5.82 Å². The summed E-state index contributed by atoms with van der Waals surface area (Å²) in [5, 5.41) is 3.70. The van der Waals surface area contributed by atoms with Crippen LogP contribution in [0.2, 0.25) is 5.02 Å².